The number of aromatic nitrogens is 2. The standard InChI is InChI=1S/C14H24N4O2S/c1-4-5-12-17-13(15-3)10(2)14(18-12)16-11-6-8-21(19,20)9-7-11/h11H,4-9H2,1-3H3,(H2,15,16,17,18). The van der Waals surface area contributed by atoms with Crippen LogP contribution >= 0.6 is 0 Å². The second kappa shape index (κ2) is 6.60. The Morgan fingerprint density at radius 1 is 1.19 bits per heavy atom. The third kappa shape index (κ3) is 4.06. The molecule has 1 fully saturated rings. The lowest BCUT2D eigenvalue weighted by molar-refractivity contribution is 0.558. The summed E-state index contributed by atoms with van der Waals surface area (Å²) in [4.78, 5) is 9.09. The summed E-state index contributed by atoms with van der Waals surface area (Å²) in [5.74, 6) is 2.99. The molecule has 1 aromatic rings. The van der Waals surface area contributed by atoms with Crippen LogP contribution in [0.2, 0.25) is 0 Å². The molecule has 21 heavy (non-hydrogen) atoms. The lowest BCUT2D eigenvalue weighted by Crippen LogP contribution is -2.32. The van der Waals surface area contributed by atoms with E-state index < -0.39 is 9.84 Å². The highest BCUT2D eigenvalue weighted by Crippen LogP contribution is 2.23. The van der Waals surface area contributed by atoms with Crippen LogP contribution in [-0.4, -0.2) is 43.0 Å². The topological polar surface area (TPSA) is 84.0 Å². The minimum atomic E-state index is -2.83. The average molecular weight is 312 g/mol. The maximum atomic E-state index is 11.5. The molecular formula is C14H24N4O2S. The Morgan fingerprint density at radius 2 is 1.81 bits per heavy atom. The number of sulfone groups is 1. The van der Waals surface area contributed by atoms with E-state index in [9.17, 15) is 8.42 Å². The first-order valence-electron chi connectivity index (χ1n) is 7.47. The molecular weight excluding hydrogens is 288 g/mol. The van der Waals surface area contributed by atoms with Crippen molar-refractivity contribution in [3.8, 4) is 0 Å². The quantitative estimate of drug-likeness (QED) is 0.862. The van der Waals surface area contributed by atoms with E-state index in [1.807, 2.05) is 14.0 Å². The van der Waals surface area contributed by atoms with Crippen LogP contribution in [0, 0.1) is 6.92 Å². The normalized spacial score (nSPS) is 18.4. The lowest BCUT2D eigenvalue weighted by Gasteiger charge is -2.25. The van der Waals surface area contributed by atoms with E-state index >= 15 is 0 Å². The zero-order chi connectivity index (χ0) is 15.5. The van der Waals surface area contributed by atoms with Crippen LogP contribution in [0.3, 0.4) is 0 Å². The molecule has 0 bridgehead atoms. The molecule has 0 unspecified atom stereocenters. The summed E-state index contributed by atoms with van der Waals surface area (Å²) in [6, 6.07) is 0.168. The summed E-state index contributed by atoms with van der Waals surface area (Å²) in [6.07, 6.45) is 3.11. The minimum Gasteiger partial charge on any atom is -0.373 e. The molecule has 0 aromatic carbocycles. The molecule has 1 aliphatic rings. The second-order valence-corrected chi connectivity index (χ2v) is 7.84. The molecule has 1 aliphatic heterocycles. The maximum Gasteiger partial charge on any atom is 0.150 e. The van der Waals surface area contributed by atoms with Gasteiger partial charge in [-0.05, 0) is 26.2 Å². The van der Waals surface area contributed by atoms with Gasteiger partial charge in [0.1, 0.15) is 27.3 Å². The first-order chi connectivity index (χ1) is 9.95. The van der Waals surface area contributed by atoms with Crippen LogP contribution in [0.5, 0.6) is 0 Å². The number of rotatable bonds is 5. The first-order valence-corrected chi connectivity index (χ1v) is 9.29. The summed E-state index contributed by atoms with van der Waals surface area (Å²) in [5, 5.41) is 6.50. The molecule has 2 rings (SSSR count). The molecule has 0 radical (unpaired) electrons. The Hall–Kier alpha value is -1.37. The van der Waals surface area contributed by atoms with Crippen LogP contribution in [0.15, 0.2) is 0 Å². The highest BCUT2D eigenvalue weighted by Gasteiger charge is 2.24. The number of hydrogen-bond acceptors (Lipinski definition) is 6. The van der Waals surface area contributed by atoms with E-state index in [1.165, 1.54) is 0 Å². The summed E-state index contributed by atoms with van der Waals surface area (Å²) in [5.41, 5.74) is 0.978. The van der Waals surface area contributed by atoms with Crippen LogP contribution < -0.4 is 10.6 Å². The van der Waals surface area contributed by atoms with Crippen LogP contribution in [0.1, 0.15) is 37.6 Å². The number of nitrogens with one attached hydrogen (secondary N) is 2. The summed E-state index contributed by atoms with van der Waals surface area (Å²) in [7, 11) is -0.984. The molecule has 0 atom stereocenters. The minimum absolute atomic E-state index is 0.168. The molecule has 0 aliphatic carbocycles. The lowest BCUT2D eigenvalue weighted by atomic mass is 10.1. The molecule has 0 spiro atoms. The fourth-order valence-electron chi connectivity index (χ4n) is 2.51. The molecule has 0 amide bonds. The fourth-order valence-corrected chi connectivity index (χ4v) is 4.00. The summed E-state index contributed by atoms with van der Waals surface area (Å²) >= 11 is 0. The van der Waals surface area contributed by atoms with Crippen LogP contribution in [-0.2, 0) is 16.3 Å². The van der Waals surface area contributed by atoms with E-state index in [4.69, 9.17) is 0 Å². The molecule has 1 aromatic heterocycles. The molecule has 2 heterocycles. The van der Waals surface area contributed by atoms with Crippen molar-refractivity contribution in [3.63, 3.8) is 0 Å². The van der Waals surface area contributed by atoms with Gasteiger partial charge >= 0.3 is 0 Å². The maximum absolute atomic E-state index is 11.5. The van der Waals surface area contributed by atoms with Crippen molar-refractivity contribution in [2.45, 2.75) is 45.6 Å². The largest absolute Gasteiger partial charge is 0.373 e. The van der Waals surface area contributed by atoms with Crippen molar-refractivity contribution < 1.29 is 8.42 Å². The number of hydrogen-bond donors (Lipinski definition) is 2. The van der Waals surface area contributed by atoms with Crippen molar-refractivity contribution in [3.05, 3.63) is 11.4 Å². The highest BCUT2D eigenvalue weighted by atomic mass is 32.2. The van der Waals surface area contributed by atoms with Crippen LogP contribution in [0.25, 0.3) is 0 Å². The van der Waals surface area contributed by atoms with E-state index in [2.05, 4.69) is 27.5 Å². The van der Waals surface area contributed by atoms with Gasteiger partial charge in [0, 0.05) is 25.1 Å². The van der Waals surface area contributed by atoms with Gasteiger partial charge in [-0.15, -0.1) is 0 Å². The van der Waals surface area contributed by atoms with Gasteiger partial charge in [-0.2, -0.15) is 0 Å². The summed E-state index contributed by atoms with van der Waals surface area (Å²) in [6.45, 7) is 4.07. The highest BCUT2D eigenvalue weighted by molar-refractivity contribution is 7.91. The SMILES string of the molecule is CCCc1nc(NC)c(C)c(NC2CCS(=O)(=O)CC2)n1. The molecule has 2 N–H and O–H groups in total. The number of nitrogens with zero attached hydrogens (tertiary/aromatic N) is 2. The molecule has 6 nitrogen and oxygen atoms in total. The van der Waals surface area contributed by atoms with Gasteiger partial charge in [0.2, 0.25) is 0 Å². The van der Waals surface area contributed by atoms with Crippen molar-refractivity contribution in [1.82, 2.24) is 9.97 Å². The van der Waals surface area contributed by atoms with Crippen molar-refractivity contribution in [2.24, 2.45) is 0 Å². The Labute approximate surface area is 126 Å². The average Bonchev–Trinajstić information content (AvgIpc) is 2.44. The predicted molar refractivity (Wildman–Crippen MR) is 85.6 cm³/mol. The third-order valence-electron chi connectivity index (χ3n) is 3.80. The molecule has 7 heteroatoms. The zero-order valence-electron chi connectivity index (χ0n) is 12.9. The van der Waals surface area contributed by atoms with Crippen molar-refractivity contribution in [1.29, 1.82) is 0 Å². The Bertz CT molecular complexity index is 587. The smallest absolute Gasteiger partial charge is 0.150 e. The first kappa shape index (κ1) is 16.0. The van der Waals surface area contributed by atoms with Gasteiger partial charge in [-0.25, -0.2) is 18.4 Å². The zero-order valence-corrected chi connectivity index (χ0v) is 13.8. The Kier molecular flexibility index (Phi) is 5.03. The van der Waals surface area contributed by atoms with Gasteiger partial charge in [-0.1, -0.05) is 6.92 Å². The Balaban J connectivity index is 2.17. The molecule has 0 saturated carbocycles. The predicted octanol–water partition coefficient (Wildman–Crippen LogP) is 1.77. The van der Waals surface area contributed by atoms with E-state index in [0.29, 0.717) is 12.8 Å². The van der Waals surface area contributed by atoms with Gasteiger partial charge in [0.05, 0.1) is 11.5 Å². The molecule has 118 valence electrons. The van der Waals surface area contributed by atoms with Crippen molar-refractivity contribution >= 4 is 21.5 Å². The van der Waals surface area contributed by atoms with Gasteiger partial charge < -0.3 is 10.6 Å². The van der Waals surface area contributed by atoms with Crippen LogP contribution in [0.4, 0.5) is 11.6 Å². The Morgan fingerprint density at radius 3 is 2.38 bits per heavy atom. The second-order valence-electron chi connectivity index (χ2n) is 5.53. The van der Waals surface area contributed by atoms with E-state index in [1.54, 1.807) is 0 Å². The summed E-state index contributed by atoms with van der Waals surface area (Å²) < 4.78 is 23.0. The van der Waals surface area contributed by atoms with Gasteiger partial charge in [-0.3, -0.25) is 0 Å². The van der Waals surface area contributed by atoms with E-state index in [-0.39, 0.29) is 17.5 Å². The van der Waals surface area contributed by atoms with E-state index in [0.717, 1.165) is 35.9 Å². The van der Waals surface area contributed by atoms with Crippen molar-refractivity contribution in [2.75, 3.05) is 29.2 Å². The number of aryl methyl sites for hydroxylation is 1. The fraction of sp³-hybridized carbons (Fsp3) is 0.714. The molecule has 1 saturated heterocycles. The number of anilines is 2. The van der Waals surface area contributed by atoms with Gasteiger partial charge in [0.15, 0.2) is 0 Å². The monoisotopic (exact) mass is 312 g/mol. The van der Waals surface area contributed by atoms with Gasteiger partial charge in [0.25, 0.3) is 0 Å². The third-order valence-corrected chi connectivity index (χ3v) is 5.51.